The zero-order chi connectivity index (χ0) is 10.1. The predicted molar refractivity (Wildman–Crippen MR) is 59.4 cm³/mol. The third-order valence-corrected chi connectivity index (χ3v) is 2.37. The topological polar surface area (TPSA) is 55.3 Å². The molecule has 1 heterocycles. The molecule has 0 aliphatic carbocycles. The number of anilines is 1. The van der Waals surface area contributed by atoms with Crippen LogP contribution in [0.2, 0.25) is 5.02 Å². The van der Waals surface area contributed by atoms with Crippen LogP contribution in [0.1, 0.15) is 5.56 Å². The maximum absolute atomic E-state index is 5.86. The molecule has 0 bridgehead atoms. The lowest BCUT2D eigenvalue weighted by atomic mass is 10.1. The first kappa shape index (κ1) is 9.12. The molecular formula is C10H10ClN3. The van der Waals surface area contributed by atoms with E-state index in [1.54, 1.807) is 6.07 Å². The lowest BCUT2D eigenvalue weighted by Gasteiger charge is -2.25. The van der Waals surface area contributed by atoms with Crippen LogP contribution in [0.3, 0.4) is 0 Å². The molecule has 0 spiro atoms. The lowest BCUT2D eigenvalue weighted by molar-refractivity contribution is 1.01. The Morgan fingerprint density at radius 1 is 1.29 bits per heavy atom. The number of nitrogens with two attached hydrogens (primary N) is 2. The van der Waals surface area contributed by atoms with E-state index in [2.05, 4.69) is 0 Å². The normalized spacial score (nSPS) is 17.3. The van der Waals surface area contributed by atoms with Gasteiger partial charge in [0.1, 0.15) is 0 Å². The van der Waals surface area contributed by atoms with Crippen molar-refractivity contribution in [3.8, 4) is 0 Å². The van der Waals surface area contributed by atoms with Gasteiger partial charge in [-0.15, -0.1) is 0 Å². The Balaban J connectivity index is 2.55. The van der Waals surface area contributed by atoms with Gasteiger partial charge in [-0.1, -0.05) is 17.7 Å². The van der Waals surface area contributed by atoms with E-state index in [-0.39, 0.29) is 0 Å². The van der Waals surface area contributed by atoms with Gasteiger partial charge in [-0.25, -0.2) is 5.84 Å². The molecule has 0 aromatic heterocycles. The minimum Gasteiger partial charge on any atom is -0.403 e. The van der Waals surface area contributed by atoms with Crippen LogP contribution in [0.25, 0.3) is 6.08 Å². The summed E-state index contributed by atoms with van der Waals surface area (Å²) in [5.41, 5.74) is 8.07. The van der Waals surface area contributed by atoms with Crippen LogP contribution in [0, 0.1) is 0 Å². The first-order chi connectivity index (χ1) is 6.72. The van der Waals surface area contributed by atoms with E-state index in [1.165, 1.54) is 11.2 Å². The SMILES string of the molecule is N/C=C1/C=Cc2cc(Cl)ccc2N1N. The molecule has 1 aromatic carbocycles. The van der Waals surface area contributed by atoms with E-state index < -0.39 is 0 Å². The van der Waals surface area contributed by atoms with Crippen LogP contribution in [0.15, 0.2) is 36.2 Å². The van der Waals surface area contributed by atoms with Crippen LogP contribution in [-0.2, 0) is 0 Å². The first-order valence-corrected chi connectivity index (χ1v) is 4.54. The molecule has 0 amide bonds. The summed E-state index contributed by atoms with van der Waals surface area (Å²) in [6.07, 6.45) is 5.25. The number of fused-ring (bicyclic) bond motifs is 1. The molecule has 0 unspecified atom stereocenters. The highest BCUT2D eigenvalue weighted by atomic mass is 35.5. The largest absolute Gasteiger partial charge is 0.403 e. The Labute approximate surface area is 87.2 Å². The van der Waals surface area contributed by atoms with Gasteiger partial charge in [-0.2, -0.15) is 0 Å². The Kier molecular flexibility index (Phi) is 2.19. The van der Waals surface area contributed by atoms with Crippen LogP contribution in [0.5, 0.6) is 0 Å². The summed E-state index contributed by atoms with van der Waals surface area (Å²) in [7, 11) is 0. The zero-order valence-electron chi connectivity index (χ0n) is 7.44. The van der Waals surface area contributed by atoms with Gasteiger partial charge in [-0.3, -0.25) is 5.01 Å². The second kappa shape index (κ2) is 3.36. The smallest absolute Gasteiger partial charge is 0.0730 e. The van der Waals surface area contributed by atoms with E-state index in [0.717, 1.165) is 16.9 Å². The quantitative estimate of drug-likeness (QED) is 0.639. The highest BCUT2D eigenvalue weighted by Crippen LogP contribution is 2.29. The molecule has 72 valence electrons. The van der Waals surface area contributed by atoms with Crippen molar-refractivity contribution in [2.45, 2.75) is 0 Å². The van der Waals surface area contributed by atoms with Crippen LogP contribution < -0.4 is 16.6 Å². The second-order valence-electron chi connectivity index (χ2n) is 3.00. The summed E-state index contributed by atoms with van der Waals surface area (Å²) in [6.45, 7) is 0. The van der Waals surface area contributed by atoms with Crippen molar-refractivity contribution < 1.29 is 0 Å². The van der Waals surface area contributed by atoms with E-state index in [0.29, 0.717) is 5.02 Å². The number of hydrogen-bond donors (Lipinski definition) is 2. The van der Waals surface area contributed by atoms with Crippen molar-refractivity contribution in [2.75, 3.05) is 5.01 Å². The fourth-order valence-corrected chi connectivity index (χ4v) is 1.59. The molecule has 4 N–H and O–H groups in total. The maximum Gasteiger partial charge on any atom is 0.0730 e. The summed E-state index contributed by atoms with van der Waals surface area (Å²) in [5.74, 6) is 5.84. The Bertz CT molecular complexity index is 423. The minimum atomic E-state index is 0.696. The minimum absolute atomic E-state index is 0.696. The Morgan fingerprint density at radius 2 is 2.07 bits per heavy atom. The van der Waals surface area contributed by atoms with Crippen LogP contribution in [-0.4, -0.2) is 0 Å². The number of hydrazine groups is 1. The van der Waals surface area contributed by atoms with Crippen molar-refractivity contribution in [2.24, 2.45) is 11.6 Å². The Hall–Kier alpha value is -1.45. The summed E-state index contributed by atoms with van der Waals surface area (Å²) >= 11 is 5.86. The van der Waals surface area contributed by atoms with Gasteiger partial charge in [-0.05, 0) is 24.3 Å². The molecule has 0 fully saturated rings. The van der Waals surface area contributed by atoms with Crippen LogP contribution in [0.4, 0.5) is 5.69 Å². The van der Waals surface area contributed by atoms with E-state index >= 15 is 0 Å². The number of allylic oxidation sites excluding steroid dienone is 1. The zero-order valence-corrected chi connectivity index (χ0v) is 8.20. The fraction of sp³-hybridized carbons (Fsp3) is 0. The molecule has 2 rings (SSSR count). The average molecular weight is 208 g/mol. The number of halogens is 1. The highest BCUT2D eigenvalue weighted by Gasteiger charge is 2.13. The molecule has 0 atom stereocenters. The second-order valence-corrected chi connectivity index (χ2v) is 3.43. The molecule has 14 heavy (non-hydrogen) atoms. The third kappa shape index (κ3) is 1.36. The summed E-state index contributed by atoms with van der Waals surface area (Å²) in [6, 6.07) is 5.53. The molecule has 0 saturated carbocycles. The van der Waals surface area contributed by atoms with Crippen molar-refractivity contribution >= 4 is 23.4 Å². The summed E-state index contributed by atoms with van der Waals surface area (Å²) in [5, 5.41) is 2.23. The van der Waals surface area contributed by atoms with Gasteiger partial charge < -0.3 is 5.73 Å². The van der Waals surface area contributed by atoms with Gasteiger partial charge in [0.05, 0.1) is 11.4 Å². The molecule has 1 aliphatic heterocycles. The van der Waals surface area contributed by atoms with Crippen molar-refractivity contribution in [3.05, 3.63) is 46.8 Å². The summed E-state index contributed by atoms with van der Waals surface area (Å²) < 4.78 is 0. The predicted octanol–water partition coefficient (Wildman–Crippen LogP) is 1.85. The molecule has 0 saturated heterocycles. The van der Waals surface area contributed by atoms with Gasteiger partial charge in [0, 0.05) is 16.8 Å². The summed E-state index contributed by atoms with van der Waals surface area (Å²) in [4.78, 5) is 0. The molecule has 3 nitrogen and oxygen atoms in total. The molecular weight excluding hydrogens is 198 g/mol. The first-order valence-electron chi connectivity index (χ1n) is 4.17. The van der Waals surface area contributed by atoms with Crippen molar-refractivity contribution in [1.29, 1.82) is 0 Å². The fourth-order valence-electron chi connectivity index (χ4n) is 1.41. The van der Waals surface area contributed by atoms with E-state index in [4.69, 9.17) is 23.2 Å². The van der Waals surface area contributed by atoms with Gasteiger partial charge in [0.25, 0.3) is 0 Å². The Morgan fingerprint density at radius 3 is 2.79 bits per heavy atom. The lowest BCUT2D eigenvalue weighted by Crippen LogP contribution is -2.31. The number of rotatable bonds is 0. The monoisotopic (exact) mass is 207 g/mol. The van der Waals surface area contributed by atoms with E-state index in [1.807, 2.05) is 24.3 Å². The molecule has 0 radical (unpaired) electrons. The number of hydrogen-bond acceptors (Lipinski definition) is 3. The molecule has 1 aromatic rings. The number of nitrogens with zero attached hydrogens (tertiary/aromatic N) is 1. The van der Waals surface area contributed by atoms with Gasteiger partial charge in [0.2, 0.25) is 0 Å². The highest BCUT2D eigenvalue weighted by molar-refractivity contribution is 6.30. The molecule has 1 aliphatic rings. The maximum atomic E-state index is 5.86. The molecule has 4 heteroatoms. The third-order valence-electron chi connectivity index (χ3n) is 2.13. The van der Waals surface area contributed by atoms with Gasteiger partial charge >= 0.3 is 0 Å². The average Bonchev–Trinajstić information content (AvgIpc) is 2.18. The van der Waals surface area contributed by atoms with Crippen molar-refractivity contribution in [1.82, 2.24) is 0 Å². The van der Waals surface area contributed by atoms with Gasteiger partial charge in [0.15, 0.2) is 0 Å². The van der Waals surface area contributed by atoms with Crippen molar-refractivity contribution in [3.63, 3.8) is 0 Å². The number of benzene rings is 1. The standard InChI is InChI=1S/C10H10ClN3/c11-8-2-4-10-7(5-8)1-3-9(6-12)14(10)13/h1-6H,12-13H2/b9-6-. The van der Waals surface area contributed by atoms with Crippen LogP contribution >= 0.6 is 11.6 Å². The van der Waals surface area contributed by atoms with E-state index in [9.17, 15) is 0 Å².